The average molecular weight is 550 g/mol. The van der Waals surface area contributed by atoms with Gasteiger partial charge in [-0.05, 0) is 42.0 Å². The maximum Gasteiger partial charge on any atom is 0.261 e. The molecule has 35 heavy (non-hydrogen) atoms. The number of hydrogen-bond donors (Lipinski definition) is 2. The van der Waals surface area contributed by atoms with Gasteiger partial charge in [-0.3, -0.25) is 9.59 Å². The highest BCUT2D eigenvalue weighted by Gasteiger charge is 2.67. The van der Waals surface area contributed by atoms with Crippen molar-refractivity contribution in [2.75, 3.05) is 10.6 Å². The Morgan fingerprint density at radius 2 is 1.46 bits per heavy atom. The summed E-state index contributed by atoms with van der Waals surface area (Å²) in [6, 6.07) is 7.44. The summed E-state index contributed by atoms with van der Waals surface area (Å²) in [7, 11) is 0. The lowest BCUT2D eigenvalue weighted by Gasteiger charge is -2.12. The van der Waals surface area contributed by atoms with Gasteiger partial charge in [-0.25, -0.2) is 22.0 Å². The second-order valence-electron chi connectivity index (χ2n) is 7.65. The second-order valence-corrected chi connectivity index (χ2v) is 9.51. The summed E-state index contributed by atoms with van der Waals surface area (Å²) < 4.78 is 68.0. The van der Waals surface area contributed by atoms with Gasteiger partial charge in [0.25, 0.3) is 5.91 Å². The van der Waals surface area contributed by atoms with E-state index in [1.165, 1.54) is 12.1 Å². The van der Waals surface area contributed by atoms with Crippen LogP contribution in [0.2, 0.25) is 5.02 Å². The lowest BCUT2D eigenvalue weighted by atomic mass is 10.1. The Labute approximate surface area is 210 Å². The Morgan fingerprint density at radius 1 is 0.800 bits per heavy atom. The number of nitrogens with one attached hydrogen (secondary N) is 2. The van der Waals surface area contributed by atoms with E-state index in [1.807, 2.05) is 5.32 Å². The van der Waals surface area contributed by atoms with Crippen LogP contribution in [0.3, 0.4) is 0 Å². The van der Waals surface area contributed by atoms with Gasteiger partial charge >= 0.3 is 0 Å². The molecule has 2 amide bonds. The molecule has 1 fully saturated rings. The summed E-state index contributed by atoms with van der Waals surface area (Å²) in [4.78, 5) is 25.2. The molecule has 2 atom stereocenters. The van der Waals surface area contributed by atoms with Gasteiger partial charge in [0.05, 0.1) is 22.3 Å². The van der Waals surface area contributed by atoms with Crippen LogP contribution in [-0.4, -0.2) is 16.1 Å². The molecule has 0 heterocycles. The fourth-order valence-corrected chi connectivity index (χ4v) is 4.63. The Balaban J connectivity index is 1.56. The Hall–Kier alpha value is -2.88. The van der Waals surface area contributed by atoms with E-state index in [0.29, 0.717) is 17.7 Å². The highest BCUT2D eigenvalue weighted by molar-refractivity contribution is 6.53. The standard InChI is InChI=1S/C23H12Cl3F5N2O2/c24-11-7-9(1-3-12(11)28)18-19(23(18,25)26)22(35)33-16-6-4-13(29)17(20(16)31)21(34)32-15-5-2-10(27)8-14(15)30/h1-8,18-19H,(H,32,34)(H,33,35). The molecule has 0 aliphatic heterocycles. The van der Waals surface area contributed by atoms with Gasteiger partial charge < -0.3 is 10.6 Å². The molecular formula is C23H12Cl3F5N2O2. The van der Waals surface area contributed by atoms with Crippen molar-refractivity contribution in [2.45, 2.75) is 10.3 Å². The maximum atomic E-state index is 15.0. The van der Waals surface area contributed by atoms with Crippen LogP contribution in [0, 0.1) is 35.0 Å². The molecule has 2 N–H and O–H groups in total. The molecule has 12 heteroatoms. The summed E-state index contributed by atoms with van der Waals surface area (Å²) >= 11 is 18.2. The van der Waals surface area contributed by atoms with Crippen molar-refractivity contribution in [3.8, 4) is 0 Å². The van der Waals surface area contributed by atoms with Crippen LogP contribution < -0.4 is 10.6 Å². The zero-order valence-electron chi connectivity index (χ0n) is 17.1. The zero-order chi connectivity index (χ0) is 25.7. The van der Waals surface area contributed by atoms with Crippen molar-refractivity contribution < 1.29 is 31.5 Å². The minimum Gasteiger partial charge on any atom is -0.323 e. The number of hydrogen-bond acceptors (Lipinski definition) is 2. The first-order valence-electron chi connectivity index (χ1n) is 9.79. The molecule has 1 aliphatic carbocycles. The van der Waals surface area contributed by atoms with Gasteiger partial charge in [-0.1, -0.05) is 17.7 Å². The van der Waals surface area contributed by atoms with Crippen molar-refractivity contribution >= 4 is 58.0 Å². The van der Waals surface area contributed by atoms with Crippen molar-refractivity contribution in [1.82, 2.24) is 0 Å². The summed E-state index contributed by atoms with van der Waals surface area (Å²) in [6.07, 6.45) is 0. The third kappa shape index (κ3) is 4.80. The molecule has 4 rings (SSSR count). The van der Waals surface area contributed by atoms with E-state index in [1.54, 1.807) is 0 Å². The minimum absolute atomic E-state index is 0.212. The Morgan fingerprint density at radius 3 is 2.11 bits per heavy atom. The second kappa shape index (κ2) is 9.29. The van der Waals surface area contributed by atoms with Crippen LogP contribution >= 0.6 is 34.8 Å². The van der Waals surface area contributed by atoms with Crippen molar-refractivity contribution in [1.29, 1.82) is 0 Å². The van der Waals surface area contributed by atoms with E-state index in [4.69, 9.17) is 34.8 Å². The first kappa shape index (κ1) is 25.2. The highest BCUT2D eigenvalue weighted by atomic mass is 35.5. The molecule has 0 aromatic heterocycles. The first-order chi connectivity index (χ1) is 16.4. The molecule has 0 bridgehead atoms. The average Bonchev–Trinajstić information content (AvgIpc) is 3.36. The van der Waals surface area contributed by atoms with Crippen LogP contribution in [0.25, 0.3) is 0 Å². The number of benzene rings is 3. The van der Waals surface area contributed by atoms with Crippen LogP contribution in [-0.2, 0) is 4.79 Å². The van der Waals surface area contributed by atoms with E-state index in [-0.39, 0.29) is 5.02 Å². The molecule has 0 saturated heterocycles. The molecule has 0 radical (unpaired) electrons. The minimum atomic E-state index is -1.62. The SMILES string of the molecule is O=C(Nc1ccc(F)cc1F)c1c(F)ccc(NC(=O)C2C(c3ccc(F)c(Cl)c3)C2(Cl)Cl)c1F. The Bertz CT molecular complexity index is 1370. The summed E-state index contributed by atoms with van der Waals surface area (Å²) in [6.45, 7) is 0. The molecule has 2 unspecified atom stereocenters. The number of carbonyl (C=O) groups excluding carboxylic acids is 2. The fraction of sp³-hybridized carbons (Fsp3) is 0.130. The van der Waals surface area contributed by atoms with Gasteiger partial charge in [0.15, 0.2) is 5.82 Å². The molecule has 1 aliphatic rings. The van der Waals surface area contributed by atoms with Crippen LogP contribution in [0.1, 0.15) is 21.8 Å². The topological polar surface area (TPSA) is 58.2 Å². The van der Waals surface area contributed by atoms with E-state index in [0.717, 1.165) is 24.3 Å². The van der Waals surface area contributed by atoms with E-state index >= 15 is 4.39 Å². The molecule has 3 aromatic rings. The third-order valence-corrected chi connectivity index (χ3v) is 6.62. The summed E-state index contributed by atoms with van der Waals surface area (Å²) in [5.74, 6) is -9.67. The summed E-state index contributed by atoms with van der Waals surface area (Å²) in [5, 5.41) is 3.93. The van der Waals surface area contributed by atoms with Gasteiger partial charge in [0.1, 0.15) is 33.2 Å². The van der Waals surface area contributed by atoms with E-state index in [2.05, 4.69) is 5.32 Å². The van der Waals surface area contributed by atoms with Crippen LogP contribution in [0.4, 0.5) is 33.3 Å². The number of halogens is 8. The Kier molecular flexibility index (Phi) is 6.70. The van der Waals surface area contributed by atoms with Gasteiger partial charge in [-0.15, -0.1) is 23.2 Å². The zero-order valence-corrected chi connectivity index (χ0v) is 19.4. The lowest BCUT2D eigenvalue weighted by Crippen LogP contribution is -2.21. The van der Waals surface area contributed by atoms with E-state index < -0.39 is 74.0 Å². The van der Waals surface area contributed by atoms with Crippen LogP contribution in [0.5, 0.6) is 0 Å². The van der Waals surface area contributed by atoms with Crippen molar-refractivity contribution in [3.63, 3.8) is 0 Å². The number of anilines is 2. The maximum absolute atomic E-state index is 15.0. The molecule has 3 aromatic carbocycles. The van der Waals surface area contributed by atoms with Gasteiger partial charge in [0, 0.05) is 12.0 Å². The molecule has 182 valence electrons. The third-order valence-electron chi connectivity index (χ3n) is 5.39. The van der Waals surface area contributed by atoms with Gasteiger partial charge in [-0.2, -0.15) is 0 Å². The largest absolute Gasteiger partial charge is 0.323 e. The predicted molar refractivity (Wildman–Crippen MR) is 121 cm³/mol. The monoisotopic (exact) mass is 548 g/mol. The number of rotatable bonds is 5. The molecular weight excluding hydrogens is 538 g/mol. The molecule has 4 nitrogen and oxygen atoms in total. The van der Waals surface area contributed by atoms with Crippen molar-refractivity contribution in [3.05, 3.63) is 93.8 Å². The van der Waals surface area contributed by atoms with E-state index in [9.17, 15) is 27.2 Å². The molecule has 0 spiro atoms. The quantitative estimate of drug-likeness (QED) is 0.271. The summed E-state index contributed by atoms with van der Waals surface area (Å²) in [5.41, 5.74) is -1.85. The van der Waals surface area contributed by atoms with Crippen molar-refractivity contribution in [2.24, 2.45) is 5.92 Å². The highest BCUT2D eigenvalue weighted by Crippen LogP contribution is 2.65. The molecule has 1 saturated carbocycles. The smallest absolute Gasteiger partial charge is 0.261 e. The first-order valence-corrected chi connectivity index (χ1v) is 10.9. The fourth-order valence-electron chi connectivity index (χ4n) is 3.62. The number of carbonyl (C=O) groups is 2. The number of amides is 2. The van der Waals surface area contributed by atoms with Gasteiger partial charge in [0.2, 0.25) is 5.91 Å². The van der Waals surface area contributed by atoms with Crippen LogP contribution in [0.15, 0.2) is 48.5 Å². The lowest BCUT2D eigenvalue weighted by molar-refractivity contribution is -0.117. The number of alkyl halides is 2. The predicted octanol–water partition coefficient (Wildman–Crippen LogP) is 6.81. The normalized spacial score (nSPS) is 18.2.